The number of amides is 1. The molecule has 2 aromatic rings. The SMILES string of the molecule is O=C(CNC(=S)N(Cc1cccs1)C1CCCC1)NC1CCc2ccccc21. The van der Waals surface area contributed by atoms with Gasteiger partial charge in [0.15, 0.2) is 5.11 Å². The number of thiocarbonyl (C=S) groups is 1. The van der Waals surface area contributed by atoms with Crippen LogP contribution in [-0.2, 0) is 17.8 Å². The number of hydrogen-bond acceptors (Lipinski definition) is 3. The molecule has 0 spiro atoms. The van der Waals surface area contributed by atoms with Crippen molar-refractivity contribution < 1.29 is 4.79 Å². The number of fused-ring (bicyclic) bond motifs is 1. The second-order valence-corrected chi connectivity index (χ2v) is 9.08. The van der Waals surface area contributed by atoms with Crippen LogP contribution in [0.5, 0.6) is 0 Å². The molecule has 1 unspecified atom stereocenters. The van der Waals surface area contributed by atoms with Crippen LogP contribution < -0.4 is 10.6 Å². The molecular weight excluding hydrogens is 386 g/mol. The number of carbonyl (C=O) groups is 1. The largest absolute Gasteiger partial charge is 0.353 e. The molecule has 0 bridgehead atoms. The van der Waals surface area contributed by atoms with E-state index in [0.717, 1.165) is 19.4 Å². The summed E-state index contributed by atoms with van der Waals surface area (Å²) in [4.78, 5) is 16.1. The van der Waals surface area contributed by atoms with Crippen molar-refractivity contribution in [3.8, 4) is 0 Å². The van der Waals surface area contributed by atoms with E-state index in [1.165, 1.54) is 41.7 Å². The third-order valence-electron chi connectivity index (χ3n) is 5.80. The van der Waals surface area contributed by atoms with Crippen LogP contribution in [0, 0.1) is 0 Å². The highest BCUT2D eigenvalue weighted by Gasteiger charge is 2.26. The summed E-state index contributed by atoms with van der Waals surface area (Å²) in [5.41, 5.74) is 2.60. The van der Waals surface area contributed by atoms with Gasteiger partial charge in [0.25, 0.3) is 0 Å². The molecule has 1 aromatic carbocycles. The molecule has 2 N–H and O–H groups in total. The first kappa shape index (κ1) is 19.4. The van der Waals surface area contributed by atoms with Gasteiger partial charge < -0.3 is 15.5 Å². The average Bonchev–Trinajstić information content (AvgIpc) is 3.46. The second kappa shape index (κ2) is 9.05. The van der Waals surface area contributed by atoms with Crippen molar-refractivity contribution in [1.29, 1.82) is 0 Å². The molecule has 1 fully saturated rings. The normalized spacial score (nSPS) is 18.6. The van der Waals surface area contributed by atoms with Crippen molar-refractivity contribution in [2.24, 2.45) is 0 Å². The first-order chi connectivity index (χ1) is 13.7. The molecule has 0 radical (unpaired) electrons. The van der Waals surface area contributed by atoms with Crippen molar-refractivity contribution in [2.75, 3.05) is 6.54 Å². The molecule has 2 aliphatic rings. The van der Waals surface area contributed by atoms with E-state index in [-0.39, 0.29) is 18.5 Å². The standard InChI is InChI=1S/C22H27N3OS2/c26-21(24-20-12-11-16-6-1-4-10-19(16)20)14-23-22(27)25(17-7-2-3-8-17)15-18-9-5-13-28-18/h1,4-6,9-10,13,17,20H,2-3,7-8,11-12,14-15H2,(H,23,27)(H,24,26). The van der Waals surface area contributed by atoms with E-state index in [1.54, 1.807) is 11.3 Å². The first-order valence-corrected chi connectivity index (χ1v) is 11.4. The Balaban J connectivity index is 1.32. The predicted molar refractivity (Wildman–Crippen MR) is 118 cm³/mol. The number of thiophene rings is 1. The lowest BCUT2D eigenvalue weighted by atomic mass is 10.1. The van der Waals surface area contributed by atoms with Gasteiger partial charge in [0, 0.05) is 10.9 Å². The zero-order valence-electron chi connectivity index (χ0n) is 16.0. The molecule has 4 rings (SSSR count). The third kappa shape index (κ3) is 4.55. The molecular formula is C22H27N3OS2. The van der Waals surface area contributed by atoms with Crippen LogP contribution in [0.15, 0.2) is 41.8 Å². The number of rotatable bonds is 6. The Labute approximate surface area is 176 Å². The van der Waals surface area contributed by atoms with Gasteiger partial charge in [-0.25, -0.2) is 0 Å². The summed E-state index contributed by atoms with van der Waals surface area (Å²) in [5, 5.41) is 9.19. The highest BCUT2D eigenvalue weighted by atomic mass is 32.1. The van der Waals surface area contributed by atoms with Gasteiger partial charge in [-0.2, -0.15) is 0 Å². The quantitative estimate of drug-likeness (QED) is 0.698. The summed E-state index contributed by atoms with van der Waals surface area (Å²) >= 11 is 7.45. The van der Waals surface area contributed by atoms with Gasteiger partial charge in [-0.15, -0.1) is 11.3 Å². The topological polar surface area (TPSA) is 44.4 Å². The predicted octanol–water partition coefficient (Wildman–Crippen LogP) is 4.17. The number of carbonyl (C=O) groups excluding carboxylic acids is 1. The minimum absolute atomic E-state index is 0.00606. The molecule has 6 heteroatoms. The molecule has 1 amide bonds. The van der Waals surface area contributed by atoms with Crippen LogP contribution >= 0.6 is 23.6 Å². The number of hydrogen-bond donors (Lipinski definition) is 2. The highest BCUT2D eigenvalue weighted by molar-refractivity contribution is 7.80. The lowest BCUT2D eigenvalue weighted by molar-refractivity contribution is -0.120. The summed E-state index contributed by atoms with van der Waals surface area (Å²) in [5.74, 6) is 0.00606. The van der Waals surface area contributed by atoms with Gasteiger partial charge in [-0.05, 0) is 60.5 Å². The van der Waals surface area contributed by atoms with E-state index in [9.17, 15) is 4.79 Å². The average molecular weight is 414 g/mol. The Morgan fingerprint density at radius 3 is 2.75 bits per heavy atom. The Morgan fingerprint density at radius 2 is 1.96 bits per heavy atom. The minimum atomic E-state index is 0.00606. The molecule has 28 heavy (non-hydrogen) atoms. The van der Waals surface area contributed by atoms with Gasteiger partial charge in [-0.1, -0.05) is 43.2 Å². The summed E-state index contributed by atoms with van der Waals surface area (Å²) in [7, 11) is 0. The van der Waals surface area contributed by atoms with E-state index in [4.69, 9.17) is 12.2 Å². The number of aryl methyl sites for hydroxylation is 1. The molecule has 1 heterocycles. The maximum atomic E-state index is 12.5. The smallest absolute Gasteiger partial charge is 0.239 e. The Morgan fingerprint density at radius 1 is 1.14 bits per heavy atom. The zero-order valence-corrected chi connectivity index (χ0v) is 17.7. The first-order valence-electron chi connectivity index (χ1n) is 10.1. The van der Waals surface area contributed by atoms with Crippen molar-refractivity contribution in [3.63, 3.8) is 0 Å². The van der Waals surface area contributed by atoms with Crippen LogP contribution in [-0.4, -0.2) is 28.5 Å². The number of nitrogens with one attached hydrogen (secondary N) is 2. The van der Waals surface area contributed by atoms with E-state index < -0.39 is 0 Å². The van der Waals surface area contributed by atoms with Crippen LogP contribution in [0.3, 0.4) is 0 Å². The van der Waals surface area contributed by atoms with Gasteiger partial charge in [0.1, 0.15) is 0 Å². The van der Waals surface area contributed by atoms with E-state index in [2.05, 4.69) is 51.2 Å². The molecule has 0 saturated heterocycles. The molecule has 1 atom stereocenters. The molecule has 0 aliphatic heterocycles. The maximum Gasteiger partial charge on any atom is 0.239 e. The Hall–Kier alpha value is -1.92. The summed E-state index contributed by atoms with van der Waals surface area (Å²) < 4.78 is 0. The summed E-state index contributed by atoms with van der Waals surface area (Å²) in [6.45, 7) is 1.05. The van der Waals surface area contributed by atoms with Gasteiger partial charge >= 0.3 is 0 Å². The van der Waals surface area contributed by atoms with Gasteiger partial charge in [-0.3, -0.25) is 4.79 Å². The van der Waals surface area contributed by atoms with Crippen molar-refractivity contribution in [1.82, 2.24) is 15.5 Å². The van der Waals surface area contributed by atoms with Crippen LogP contribution in [0.25, 0.3) is 0 Å². The molecule has 4 nitrogen and oxygen atoms in total. The van der Waals surface area contributed by atoms with Gasteiger partial charge in [0.05, 0.1) is 19.1 Å². The number of benzene rings is 1. The molecule has 2 aliphatic carbocycles. The lowest BCUT2D eigenvalue weighted by Crippen LogP contribution is -2.47. The lowest BCUT2D eigenvalue weighted by Gasteiger charge is -2.31. The minimum Gasteiger partial charge on any atom is -0.353 e. The number of nitrogens with zero attached hydrogens (tertiary/aromatic N) is 1. The fourth-order valence-corrected chi connectivity index (χ4v) is 5.35. The van der Waals surface area contributed by atoms with Crippen molar-refractivity contribution in [3.05, 3.63) is 57.8 Å². The van der Waals surface area contributed by atoms with E-state index >= 15 is 0 Å². The molecule has 1 aromatic heterocycles. The Bertz CT molecular complexity index is 815. The molecule has 1 saturated carbocycles. The summed E-state index contributed by atoms with van der Waals surface area (Å²) in [6, 6.07) is 13.2. The van der Waals surface area contributed by atoms with E-state index in [0.29, 0.717) is 11.2 Å². The second-order valence-electron chi connectivity index (χ2n) is 7.66. The van der Waals surface area contributed by atoms with Crippen molar-refractivity contribution >= 4 is 34.6 Å². The Kier molecular flexibility index (Phi) is 6.27. The summed E-state index contributed by atoms with van der Waals surface area (Å²) in [6.07, 6.45) is 6.88. The molecule has 148 valence electrons. The van der Waals surface area contributed by atoms with Crippen LogP contribution in [0.1, 0.15) is 54.1 Å². The maximum absolute atomic E-state index is 12.5. The third-order valence-corrected chi connectivity index (χ3v) is 7.04. The van der Waals surface area contributed by atoms with Crippen molar-refractivity contribution in [2.45, 2.75) is 57.2 Å². The van der Waals surface area contributed by atoms with E-state index in [1.807, 2.05) is 6.07 Å². The fraction of sp³-hybridized carbons (Fsp3) is 0.455. The van der Waals surface area contributed by atoms with Crippen LogP contribution in [0.2, 0.25) is 0 Å². The van der Waals surface area contributed by atoms with Crippen LogP contribution in [0.4, 0.5) is 0 Å². The monoisotopic (exact) mass is 413 g/mol. The van der Waals surface area contributed by atoms with Gasteiger partial charge in [0.2, 0.25) is 5.91 Å². The fourth-order valence-electron chi connectivity index (χ4n) is 4.36. The highest BCUT2D eigenvalue weighted by Crippen LogP contribution is 2.30. The zero-order chi connectivity index (χ0) is 19.3.